The second kappa shape index (κ2) is 8.56. The van der Waals surface area contributed by atoms with E-state index in [0.29, 0.717) is 0 Å². The second-order valence-corrected chi connectivity index (χ2v) is 8.10. The van der Waals surface area contributed by atoms with Gasteiger partial charge in [0, 0.05) is 16.8 Å². The van der Waals surface area contributed by atoms with Crippen LogP contribution in [0.2, 0.25) is 0 Å². The van der Waals surface area contributed by atoms with Gasteiger partial charge in [0.05, 0.1) is 0 Å². The van der Waals surface area contributed by atoms with E-state index in [1.165, 1.54) is 16.7 Å². The molecule has 5 aromatic rings. The van der Waals surface area contributed by atoms with Gasteiger partial charge in [0.15, 0.2) is 0 Å². The number of hydrogen-bond acceptors (Lipinski definition) is 1. The Morgan fingerprint density at radius 2 is 0.875 bits per heavy atom. The summed E-state index contributed by atoms with van der Waals surface area (Å²) in [6.45, 7) is 2.12. The molecule has 1 heteroatoms. The Bertz CT molecular complexity index is 1340. The van der Waals surface area contributed by atoms with Crippen LogP contribution in [0.4, 0.5) is 5.69 Å². The van der Waals surface area contributed by atoms with Crippen molar-refractivity contribution in [3.05, 3.63) is 127 Å². The topological polar surface area (TPSA) is 26.0 Å². The Hall–Kier alpha value is -4.10. The van der Waals surface area contributed by atoms with Gasteiger partial charge in [0.1, 0.15) is 0 Å². The van der Waals surface area contributed by atoms with Gasteiger partial charge in [-0.2, -0.15) is 0 Å². The number of nitrogens with two attached hydrogens (primary N) is 1. The molecule has 0 unspecified atom stereocenters. The molecule has 2 N–H and O–H groups in total. The molecular formula is C31H25N. The first-order chi connectivity index (χ1) is 15.7. The maximum atomic E-state index is 6.96. The Labute approximate surface area is 189 Å². The summed E-state index contributed by atoms with van der Waals surface area (Å²) in [5.74, 6) is 0. The molecule has 0 aromatic heterocycles. The van der Waals surface area contributed by atoms with Crippen molar-refractivity contribution in [2.45, 2.75) is 6.92 Å². The van der Waals surface area contributed by atoms with Crippen molar-refractivity contribution in [3.8, 4) is 44.5 Å². The van der Waals surface area contributed by atoms with Gasteiger partial charge in [-0.25, -0.2) is 0 Å². The number of rotatable bonds is 4. The summed E-state index contributed by atoms with van der Waals surface area (Å²) in [6, 6.07) is 42.5. The lowest BCUT2D eigenvalue weighted by Gasteiger charge is -2.22. The molecule has 0 amide bonds. The minimum atomic E-state index is 0.803. The lowest BCUT2D eigenvalue weighted by molar-refractivity contribution is 1.46. The molecule has 0 fully saturated rings. The van der Waals surface area contributed by atoms with E-state index >= 15 is 0 Å². The third-order valence-electron chi connectivity index (χ3n) is 5.94. The number of hydrogen-bond donors (Lipinski definition) is 1. The highest BCUT2D eigenvalue weighted by Gasteiger charge is 2.20. The second-order valence-electron chi connectivity index (χ2n) is 8.10. The SMILES string of the molecule is Cc1ccc(-c2cc(-c3ccccc3)c(N)c(-c3ccccc3)c2-c2ccccc2)cc1. The van der Waals surface area contributed by atoms with Crippen LogP contribution in [0.3, 0.4) is 0 Å². The van der Waals surface area contributed by atoms with Crippen molar-refractivity contribution in [2.75, 3.05) is 5.73 Å². The lowest BCUT2D eigenvalue weighted by atomic mass is 9.83. The molecule has 0 aliphatic heterocycles. The summed E-state index contributed by atoms with van der Waals surface area (Å²) in [5.41, 5.74) is 18.1. The summed E-state index contributed by atoms with van der Waals surface area (Å²) < 4.78 is 0. The van der Waals surface area contributed by atoms with Crippen LogP contribution in [-0.2, 0) is 0 Å². The first-order valence-corrected chi connectivity index (χ1v) is 10.9. The summed E-state index contributed by atoms with van der Waals surface area (Å²) in [4.78, 5) is 0. The van der Waals surface area contributed by atoms with Gasteiger partial charge in [0.25, 0.3) is 0 Å². The molecule has 5 aromatic carbocycles. The first-order valence-electron chi connectivity index (χ1n) is 10.9. The van der Waals surface area contributed by atoms with Crippen molar-refractivity contribution in [1.82, 2.24) is 0 Å². The molecule has 0 saturated heterocycles. The first kappa shape index (κ1) is 19.8. The molecule has 0 aliphatic rings. The maximum Gasteiger partial charge on any atom is 0.0480 e. The van der Waals surface area contributed by atoms with Crippen LogP contribution in [-0.4, -0.2) is 0 Å². The van der Waals surface area contributed by atoms with E-state index in [-0.39, 0.29) is 0 Å². The van der Waals surface area contributed by atoms with Crippen LogP contribution >= 0.6 is 0 Å². The van der Waals surface area contributed by atoms with Gasteiger partial charge in [-0.15, -0.1) is 0 Å². The van der Waals surface area contributed by atoms with E-state index in [9.17, 15) is 0 Å². The standard InChI is InChI=1S/C31H25N/c1-22-17-19-24(20-18-22)27-21-28(23-11-5-2-6-12-23)31(32)30(26-15-9-4-10-16-26)29(27)25-13-7-3-8-14-25/h2-21H,32H2,1H3. The largest absolute Gasteiger partial charge is 0.398 e. The number of aryl methyl sites for hydroxylation is 1. The smallest absolute Gasteiger partial charge is 0.0480 e. The molecular weight excluding hydrogens is 386 g/mol. The highest BCUT2D eigenvalue weighted by atomic mass is 14.6. The molecule has 0 heterocycles. The average molecular weight is 412 g/mol. The van der Waals surface area contributed by atoms with Gasteiger partial charge in [-0.05, 0) is 46.4 Å². The van der Waals surface area contributed by atoms with E-state index in [1.807, 2.05) is 12.1 Å². The number of benzene rings is 5. The fourth-order valence-electron chi connectivity index (χ4n) is 4.32. The van der Waals surface area contributed by atoms with Crippen LogP contribution in [0, 0.1) is 6.92 Å². The van der Waals surface area contributed by atoms with E-state index < -0.39 is 0 Å². The van der Waals surface area contributed by atoms with Crippen LogP contribution in [0.5, 0.6) is 0 Å². The zero-order valence-corrected chi connectivity index (χ0v) is 18.1. The molecule has 154 valence electrons. The molecule has 1 nitrogen and oxygen atoms in total. The van der Waals surface area contributed by atoms with Crippen molar-refractivity contribution in [3.63, 3.8) is 0 Å². The Balaban J connectivity index is 1.92. The quantitative estimate of drug-likeness (QED) is 0.296. The fourth-order valence-corrected chi connectivity index (χ4v) is 4.32. The third-order valence-corrected chi connectivity index (χ3v) is 5.94. The van der Waals surface area contributed by atoms with Crippen LogP contribution < -0.4 is 5.73 Å². The van der Waals surface area contributed by atoms with Gasteiger partial charge in [0.2, 0.25) is 0 Å². The highest BCUT2D eigenvalue weighted by Crippen LogP contribution is 2.47. The zero-order valence-electron chi connectivity index (χ0n) is 18.1. The maximum absolute atomic E-state index is 6.96. The molecule has 0 atom stereocenters. The normalized spacial score (nSPS) is 10.8. The fraction of sp³-hybridized carbons (Fsp3) is 0.0323. The monoisotopic (exact) mass is 411 g/mol. The van der Waals surface area contributed by atoms with Gasteiger partial charge < -0.3 is 5.73 Å². The summed E-state index contributed by atoms with van der Waals surface area (Å²) in [5, 5.41) is 0. The van der Waals surface area contributed by atoms with Crippen molar-refractivity contribution < 1.29 is 0 Å². The minimum Gasteiger partial charge on any atom is -0.398 e. The predicted octanol–water partition coefficient (Wildman–Crippen LogP) is 8.25. The van der Waals surface area contributed by atoms with Crippen LogP contribution in [0.25, 0.3) is 44.5 Å². The van der Waals surface area contributed by atoms with E-state index in [0.717, 1.165) is 39.1 Å². The lowest BCUT2D eigenvalue weighted by Crippen LogP contribution is -2.00. The summed E-state index contributed by atoms with van der Waals surface area (Å²) in [6.07, 6.45) is 0. The summed E-state index contributed by atoms with van der Waals surface area (Å²) >= 11 is 0. The Kier molecular flexibility index (Phi) is 5.31. The van der Waals surface area contributed by atoms with Crippen LogP contribution in [0.15, 0.2) is 121 Å². The molecule has 0 aliphatic carbocycles. The minimum absolute atomic E-state index is 0.803. The zero-order chi connectivity index (χ0) is 21.9. The highest BCUT2D eigenvalue weighted by molar-refractivity contribution is 6.05. The molecule has 5 rings (SSSR count). The Morgan fingerprint density at radius 3 is 1.41 bits per heavy atom. The van der Waals surface area contributed by atoms with Crippen LogP contribution in [0.1, 0.15) is 5.56 Å². The van der Waals surface area contributed by atoms with Crippen molar-refractivity contribution >= 4 is 5.69 Å². The molecule has 32 heavy (non-hydrogen) atoms. The molecule has 0 bridgehead atoms. The molecule has 0 saturated carbocycles. The van der Waals surface area contributed by atoms with Gasteiger partial charge >= 0.3 is 0 Å². The van der Waals surface area contributed by atoms with Gasteiger partial charge in [-0.3, -0.25) is 0 Å². The predicted molar refractivity (Wildman–Crippen MR) is 137 cm³/mol. The average Bonchev–Trinajstić information content (AvgIpc) is 2.86. The molecule has 0 spiro atoms. The number of anilines is 1. The van der Waals surface area contributed by atoms with Crippen molar-refractivity contribution in [1.29, 1.82) is 0 Å². The van der Waals surface area contributed by atoms with E-state index in [2.05, 4.69) is 116 Å². The third kappa shape index (κ3) is 3.70. The van der Waals surface area contributed by atoms with E-state index in [1.54, 1.807) is 0 Å². The number of nitrogen functional groups attached to an aromatic ring is 1. The summed E-state index contributed by atoms with van der Waals surface area (Å²) in [7, 11) is 0. The molecule has 0 radical (unpaired) electrons. The van der Waals surface area contributed by atoms with E-state index in [4.69, 9.17) is 5.73 Å². The van der Waals surface area contributed by atoms with Crippen molar-refractivity contribution in [2.24, 2.45) is 0 Å². The Morgan fingerprint density at radius 1 is 0.438 bits per heavy atom. The van der Waals surface area contributed by atoms with Gasteiger partial charge in [-0.1, -0.05) is 121 Å².